The van der Waals surface area contributed by atoms with E-state index in [1.807, 2.05) is 0 Å². The van der Waals surface area contributed by atoms with Gasteiger partial charge in [-0.2, -0.15) is 0 Å². The Labute approximate surface area is 26.1 Å². The standard InChI is InChI=1S/C3H3N/c1-2-4-3-1/h1-3H/i2D. The van der Waals surface area contributed by atoms with E-state index in [-0.39, 0.29) is 0 Å². The van der Waals surface area contributed by atoms with E-state index in [0.717, 1.165) is 0 Å². The Hall–Kier alpha value is -0.590. The third-order valence-electron chi connectivity index (χ3n) is 0.298. The summed E-state index contributed by atoms with van der Waals surface area (Å²) in [5.74, 6) is 0. The first-order valence-corrected chi connectivity index (χ1v) is 1.10. The lowest BCUT2D eigenvalue weighted by Crippen LogP contribution is -1.67. The Morgan fingerprint density at radius 2 is 2.50 bits per heavy atom. The van der Waals surface area contributed by atoms with E-state index >= 15 is 0 Å². The molecule has 0 bridgehead atoms. The van der Waals surface area contributed by atoms with E-state index in [9.17, 15) is 0 Å². The Bertz CT molecular complexity index is 93.1. The summed E-state index contributed by atoms with van der Waals surface area (Å²) < 4.78 is 6.58. The van der Waals surface area contributed by atoms with E-state index in [1.54, 1.807) is 12.3 Å². The van der Waals surface area contributed by atoms with Crippen LogP contribution in [0.2, 0.25) is 0 Å². The molecule has 0 aromatic carbocycles. The van der Waals surface area contributed by atoms with Crippen LogP contribution in [0, 0.1) is 0 Å². The van der Waals surface area contributed by atoms with Crippen LogP contribution in [0.3, 0.4) is 0 Å². The van der Waals surface area contributed by atoms with Crippen LogP contribution in [-0.4, -0.2) is 6.19 Å². The summed E-state index contributed by atoms with van der Waals surface area (Å²) in [6.45, 7) is 0. The molecule has 1 heteroatoms. The van der Waals surface area contributed by atoms with Crippen LogP contribution in [0.25, 0.3) is 0 Å². The summed E-state index contributed by atoms with van der Waals surface area (Å²) in [7, 11) is 0. The molecule has 1 nitrogen and oxygen atoms in total. The highest BCUT2D eigenvalue weighted by molar-refractivity contribution is 5.76. The molecular formula is C3H3N. The van der Waals surface area contributed by atoms with E-state index in [4.69, 9.17) is 1.37 Å². The van der Waals surface area contributed by atoms with E-state index in [2.05, 4.69) is 4.99 Å². The Morgan fingerprint density at radius 1 is 2.00 bits per heavy atom. The van der Waals surface area contributed by atoms with Crippen molar-refractivity contribution in [1.82, 2.24) is 0 Å². The first-order chi connectivity index (χ1) is 2.39. The smallest absolute Gasteiger partial charge is 0.0840 e. The van der Waals surface area contributed by atoms with Gasteiger partial charge in [0.1, 0.15) is 0 Å². The van der Waals surface area contributed by atoms with Gasteiger partial charge in [-0.15, -0.1) is 0 Å². The number of nitrogens with zero attached hydrogens (tertiary/aromatic N) is 1. The minimum Gasteiger partial charge on any atom is -0.265 e. The van der Waals surface area contributed by atoms with Crippen LogP contribution in [0.5, 0.6) is 0 Å². The summed E-state index contributed by atoms with van der Waals surface area (Å²) in [5.41, 5.74) is 0. The number of rotatable bonds is 0. The summed E-state index contributed by atoms with van der Waals surface area (Å²) in [6, 6.07) is 0. The monoisotopic (exact) mass is 54.0 g/mol. The average Bonchev–Trinajstić information content (AvgIpc) is 1.30. The molecule has 0 saturated heterocycles. The second kappa shape index (κ2) is 0.412. The third-order valence-corrected chi connectivity index (χ3v) is 0.298. The van der Waals surface area contributed by atoms with Crippen molar-refractivity contribution < 1.29 is 1.37 Å². The maximum atomic E-state index is 6.58. The first kappa shape index (κ1) is 1.02. The van der Waals surface area contributed by atoms with Crippen molar-refractivity contribution in [2.45, 2.75) is 0 Å². The van der Waals surface area contributed by atoms with E-state index in [0.29, 0.717) is 6.19 Å². The molecular weight excluding hydrogens is 50.0 g/mol. The fraction of sp³-hybridized carbons (Fsp3) is 0. The first-order valence-electron chi connectivity index (χ1n) is 1.60. The lowest BCUT2D eigenvalue weighted by molar-refractivity contribution is 1.55. The normalized spacial score (nSPS) is 22.0. The number of aliphatic imine (C=N–C) groups is 1. The van der Waals surface area contributed by atoms with Crippen molar-refractivity contribution in [3.8, 4) is 0 Å². The van der Waals surface area contributed by atoms with Gasteiger partial charge in [-0.05, 0) is 6.08 Å². The largest absolute Gasteiger partial charge is 0.265 e. The van der Waals surface area contributed by atoms with Crippen molar-refractivity contribution in [3.05, 3.63) is 12.3 Å². The van der Waals surface area contributed by atoms with Gasteiger partial charge >= 0.3 is 0 Å². The second-order valence-electron chi connectivity index (χ2n) is 0.574. The lowest BCUT2D eigenvalue weighted by Gasteiger charge is -1.77. The molecule has 0 unspecified atom stereocenters. The molecule has 0 aromatic rings. The molecule has 0 aliphatic carbocycles. The third kappa shape index (κ3) is 0.0204. The molecule has 0 amide bonds. The summed E-state index contributed by atoms with van der Waals surface area (Å²) in [6.07, 6.45) is 3.62. The van der Waals surface area contributed by atoms with Gasteiger partial charge in [-0.1, -0.05) is 0 Å². The lowest BCUT2D eigenvalue weighted by atomic mass is 10.6. The minimum atomic E-state index is 0.380. The van der Waals surface area contributed by atoms with E-state index < -0.39 is 0 Å². The van der Waals surface area contributed by atoms with Crippen molar-refractivity contribution in [2.75, 3.05) is 0 Å². The molecule has 0 fully saturated rings. The van der Waals surface area contributed by atoms with Crippen LogP contribution in [0.15, 0.2) is 17.3 Å². The van der Waals surface area contributed by atoms with Gasteiger partial charge in [0.15, 0.2) is 0 Å². The zero-order chi connectivity index (χ0) is 3.70. The number of hydrogen-bond acceptors (Lipinski definition) is 1. The fourth-order valence-electron chi connectivity index (χ4n) is 0.0745. The van der Waals surface area contributed by atoms with E-state index in [1.165, 1.54) is 0 Å². The van der Waals surface area contributed by atoms with Gasteiger partial charge in [0, 0.05) is 12.4 Å². The van der Waals surface area contributed by atoms with Crippen LogP contribution in [0.1, 0.15) is 1.37 Å². The van der Waals surface area contributed by atoms with Crippen LogP contribution in [-0.2, 0) is 0 Å². The fourth-order valence-corrected chi connectivity index (χ4v) is 0.0745. The maximum absolute atomic E-state index is 6.58. The molecule has 1 heterocycles. The molecule has 1 rings (SSSR count). The van der Waals surface area contributed by atoms with Crippen LogP contribution >= 0.6 is 0 Å². The van der Waals surface area contributed by atoms with Crippen molar-refractivity contribution >= 4 is 6.19 Å². The summed E-state index contributed by atoms with van der Waals surface area (Å²) in [5, 5.41) is 0. The maximum Gasteiger partial charge on any atom is 0.0840 e. The summed E-state index contributed by atoms with van der Waals surface area (Å²) >= 11 is 0. The topological polar surface area (TPSA) is 12.4 Å². The van der Waals surface area contributed by atoms with Gasteiger partial charge in [0.25, 0.3) is 0 Å². The Balaban J connectivity index is 2.60. The van der Waals surface area contributed by atoms with Crippen molar-refractivity contribution in [3.63, 3.8) is 0 Å². The Kier molecular flexibility index (Phi) is 0.105. The van der Waals surface area contributed by atoms with Gasteiger partial charge in [-0.25, -0.2) is 0 Å². The predicted octanol–water partition coefficient (Wildman–Crippen LogP) is 0.585. The molecule has 4 heavy (non-hydrogen) atoms. The zero-order valence-electron chi connectivity index (χ0n) is 3.10. The highest BCUT2D eigenvalue weighted by Crippen LogP contribution is 1.78. The number of allylic oxidation sites excluding steroid dienone is 1. The molecule has 1 aliphatic heterocycles. The molecule has 0 N–H and O–H groups in total. The number of hydrogen-bond donors (Lipinski definition) is 0. The van der Waals surface area contributed by atoms with Crippen LogP contribution in [0.4, 0.5) is 0 Å². The van der Waals surface area contributed by atoms with Gasteiger partial charge < -0.3 is 0 Å². The molecule has 0 saturated carbocycles. The molecule has 0 radical (unpaired) electrons. The van der Waals surface area contributed by atoms with Crippen LogP contribution < -0.4 is 0 Å². The van der Waals surface area contributed by atoms with Crippen molar-refractivity contribution in [2.24, 2.45) is 4.99 Å². The highest BCUT2D eigenvalue weighted by Gasteiger charge is 1.66. The minimum absolute atomic E-state index is 0.380. The molecule has 0 atom stereocenters. The average molecular weight is 54.1 g/mol. The molecule has 0 spiro atoms. The Morgan fingerprint density at radius 3 is 2.50 bits per heavy atom. The zero-order valence-corrected chi connectivity index (χ0v) is 2.10. The molecule has 1 aliphatic rings. The SMILES string of the molecule is [2H]C1=NC=C1. The summed E-state index contributed by atoms with van der Waals surface area (Å²) in [4.78, 5) is 3.47. The van der Waals surface area contributed by atoms with Gasteiger partial charge in [-0.3, -0.25) is 4.99 Å². The van der Waals surface area contributed by atoms with Crippen molar-refractivity contribution in [1.29, 1.82) is 0 Å². The van der Waals surface area contributed by atoms with Gasteiger partial charge in [0.05, 0.1) is 1.37 Å². The quantitative estimate of drug-likeness (QED) is 0.383. The second-order valence-corrected chi connectivity index (χ2v) is 0.574. The molecule has 20 valence electrons. The predicted molar refractivity (Wildman–Crippen MR) is 17.6 cm³/mol. The van der Waals surface area contributed by atoms with Gasteiger partial charge in [0.2, 0.25) is 0 Å². The highest BCUT2D eigenvalue weighted by atomic mass is 14.7. The molecule has 0 aromatic heterocycles.